The topological polar surface area (TPSA) is 63.6 Å². The number of rotatable bonds is 7. The van der Waals surface area contributed by atoms with E-state index < -0.39 is 11.4 Å². The molecule has 0 amide bonds. The van der Waals surface area contributed by atoms with Crippen molar-refractivity contribution in [3.05, 3.63) is 28.8 Å². The van der Waals surface area contributed by atoms with Crippen LogP contribution in [0.15, 0.2) is 12.1 Å². The number of benzene rings is 1. The van der Waals surface area contributed by atoms with Crippen LogP contribution >= 0.6 is 15.9 Å². The highest BCUT2D eigenvalue weighted by Crippen LogP contribution is 2.38. The van der Waals surface area contributed by atoms with Gasteiger partial charge >= 0.3 is 11.9 Å². The summed E-state index contributed by atoms with van der Waals surface area (Å²) in [5.74, 6) is -0.693. The van der Waals surface area contributed by atoms with Gasteiger partial charge in [0.05, 0.1) is 6.42 Å². The SMILES string of the molecule is Cc1cc(C)c(C(C)(C)CC(=O)O)c(OC(=O)CCCBr)c1. The standard InChI is InChI=1S/C17H23BrO4/c1-11-8-12(2)16(17(3,4)10-14(19)20)13(9-11)22-15(21)6-5-7-18/h8-9H,5-7,10H2,1-4H3,(H,19,20). The predicted molar refractivity (Wildman–Crippen MR) is 89.9 cm³/mol. The normalized spacial score (nSPS) is 11.3. The molecule has 0 fully saturated rings. The van der Waals surface area contributed by atoms with Crippen LogP contribution < -0.4 is 4.74 Å². The van der Waals surface area contributed by atoms with Crippen molar-refractivity contribution in [2.75, 3.05) is 5.33 Å². The molecule has 0 bridgehead atoms. The molecule has 0 aliphatic carbocycles. The Labute approximate surface area is 140 Å². The third kappa shape index (κ3) is 5.13. The van der Waals surface area contributed by atoms with Gasteiger partial charge in [-0.25, -0.2) is 0 Å². The number of aryl methyl sites for hydroxylation is 2. The number of aliphatic carboxylic acids is 1. The fourth-order valence-corrected chi connectivity index (χ4v) is 3.01. The van der Waals surface area contributed by atoms with E-state index in [2.05, 4.69) is 15.9 Å². The number of hydrogen-bond acceptors (Lipinski definition) is 3. The predicted octanol–water partition coefficient (Wildman–Crippen LogP) is 4.14. The zero-order valence-corrected chi connectivity index (χ0v) is 15.1. The fourth-order valence-electron chi connectivity index (χ4n) is 2.73. The lowest BCUT2D eigenvalue weighted by atomic mass is 9.78. The van der Waals surface area contributed by atoms with Crippen LogP contribution in [-0.4, -0.2) is 22.4 Å². The zero-order chi connectivity index (χ0) is 16.9. The molecule has 0 aromatic heterocycles. The Morgan fingerprint density at radius 3 is 2.45 bits per heavy atom. The highest BCUT2D eigenvalue weighted by molar-refractivity contribution is 9.09. The summed E-state index contributed by atoms with van der Waals surface area (Å²) in [4.78, 5) is 23.1. The molecule has 0 saturated heterocycles. The van der Waals surface area contributed by atoms with Crippen LogP contribution in [0.25, 0.3) is 0 Å². The highest BCUT2D eigenvalue weighted by Gasteiger charge is 2.30. The first kappa shape index (κ1) is 18.7. The van der Waals surface area contributed by atoms with E-state index in [9.17, 15) is 9.59 Å². The number of carbonyl (C=O) groups excluding carboxylic acids is 1. The molecule has 0 spiro atoms. The van der Waals surface area contributed by atoms with Crippen molar-refractivity contribution < 1.29 is 19.4 Å². The zero-order valence-electron chi connectivity index (χ0n) is 13.5. The number of hydrogen-bond donors (Lipinski definition) is 1. The summed E-state index contributed by atoms with van der Waals surface area (Å²) in [7, 11) is 0. The lowest BCUT2D eigenvalue weighted by Gasteiger charge is -2.28. The summed E-state index contributed by atoms with van der Waals surface area (Å²) in [6.07, 6.45) is 1.01. The quantitative estimate of drug-likeness (QED) is 0.445. The molecule has 1 N–H and O–H groups in total. The molecular formula is C17H23BrO4. The summed E-state index contributed by atoms with van der Waals surface area (Å²) >= 11 is 3.29. The van der Waals surface area contributed by atoms with Gasteiger partial charge in [0.1, 0.15) is 5.75 Å². The van der Waals surface area contributed by atoms with Crippen LogP contribution in [0, 0.1) is 13.8 Å². The molecule has 0 atom stereocenters. The van der Waals surface area contributed by atoms with Gasteiger partial charge in [0.15, 0.2) is 0 Å². The maximum atomic E-state index is 11.9. The van der Waals surface area contributed by atoms with Crippen LogP contribution in [0.1, 0.15) is 49.8 Å². The number of carbonyl (C=O) groups is 2. The molecule has 22 heavy (non-hydrogen) atoms. The first-order valence-electron chi connectivity index (χ1n) is 7.27. The first-order chi connectivity index (χ1) is 10.2. The maximum absolute atomic E-state index is 11.9. The number of alkyl halides is 1. The van der Waals surface area contributed by atoms with Crippen molar-refractivity contribution in [2.45, 2.75) is 52.4 Å². The van der Waals surface area contributed by atoms with Gasteiger partial charge in [-0.1, -0.05) is 35.8 Å². The molecule has 1 aromatic rings. The van der Waals surface area contributed by atoms with E-state index in [4.69, 9.17) is 9.84 Å². The average Bonchev–Trinajstić information content (AvgIpc) is 2.33. The molecule has 0 aliphatic rings. The lowest BCUT2D eigenvalue weighted by Crippen LogP contribution is -2.25. The van der Waals surface area contributed by atoms with Crippen LogP contribution in [0.2, 0.25) is 0 Å². The van der Waals surface area contributed by atoms with Gasteiger partial charge < -0.3 is 9.84 Å². The molecule has 1 aromatic carbocycles. The van der Waals surface area contributed by atoms with Crippen LogP contribution in [0.3, 0.4) is 0 Å². The second-order valence-electron chi connectivity index (χ2n) is 6.18. The minimum atomic E-state index is -0.874. The van der Waals surface area contributed by atoms with Gasteiger partial charge in [0.25, 0.3) is 0 Å². The second-order valence-corrected chi connectivity index (χ2v) is 6.97. The Morgan fingerprint density at radius 2 is 1.91 bits per heavy atom. The molecule has 0 aliphatic heterocycles. The molecule has 122 valence electrons. The summed E-state index contributed by atoms with van der Waals surface area (Å²) in [6, 6.07) is 3.78. The van der Waals surface area contributed by atoms with Crippen LogP contribution in [-0.2, 0) is 15.0 Å². The molecule has 0 unspecified atom stereocenters. The fraction of sp³-hybridized carbons (Fsp3) is 0.529. The smallest absolute Gasteiger partial charge is 0.311 e. The third-order valence-electron chi connectivity index (χ3n) is 3.45. The molecule has 5 heteroatoms. The lowest BCUT2D eigenvalue weighted by molar-refractivity contribution is -0.138. The highest BCUT2D eigenvalue weighted by atomic mass is 79.9. The number of carboxylic acid groups (broad SMARTS) is 1. The Kier molecular flexibility index (Phi) is 6.60. The van der Waals surface area contributed by atoms with Gasteiger partial charge in [0.2, 0.25) is 0 Å². The largest absolute Gasteiger partial charge is 0.481 e. The summed E-state index contributed by atoms with van der Waals surface area (Å²) in [5, 5.41) is 9.87. The Balaban J connectivity index is 3.20. The van der Waals surface area contributed by atoms with Crippen molar-refractivity contribution in [3.63, 3.8) is 0 Å². The van der Waals surface area contributed by atoms with E-state index in [1.54, 1.807) is 6.07 Å². The first-order valence-corrected chi connectivity index (χ1v) is 8.39. The van der Waals surface area contributed by atoms with Crippen molar-refractivity contribution >= 4 is 27.9 Å². The summed E-state index contributed by atoms with van der Waals surface area (Å²) < 4.78 is 5.52. The average molecular weight is 371 g/mol. The van der Waals surface area contributed by atoms with E-state index >= 15 is 0 Å². The Bertz CT molecular complexity index is 564. The molecular weight excluding hydrogens is 348 g/mol. The second kappa shape index (κ2) is 7.77. The maximum Gasteiger partial charge on any atom is 0.311 e. The van der Waals surface area contributed by atoms with Crippen LogP contribution in [0.4, 0.5) is 0 Å². The Hall–Kier alpha value is -1.36. The van der Waals surface area contributed by atoms with E-state index in [-0.39, 0.29) is 12.4 Å². The third-order valence-corrected chi connectivity index (χ3v) is 4.01. The molecule has 0 saturated carbocycles. The van der Waals surface area contributed by atoms with E-state index in [1.807, 2.05) is 33.8 Å². The Morgan fingerprint density at radius 1 is 1.27 bits per heavy atom. The minimum Gasteiger partial charge on any atom is -0.481 e. The van der Waals surface area contributed by atoms with Crippen molar-refractivity contribution in [2.24, 2.45) is 0 Å². The van der Waals surface area contributed by atoms with E-state index in [0.717, 1.165) is 22.0 Å². The number of carboxylic acids is 1. The molecule has 1 rings (SSSR count). The molecule has 0 radical (unpaired) electrons. The van der Waals surface area contributed by atoms with Gasteiger partial charge in [-0.3, -0.25) is 9.59 Å². The molecule has 4 nitrogen and oxygen atoms in total. The van der Waals surface area contributed by atoms with Gasteiger partial charge in [-0.05, 0) is 37.5 Å². The summed E-state index contributed by atoms with van der Waals surface area (Å²) in [5.41, 5.74) is 2.09. The van der Waals surface area contributed by atoms with Crippen molar-refractivity contribution in [1.29, 1.82) is 0 Å². The van der Waals surface area contributed by atoms with Crippen molar-refractivity contribution in [1.82, 2.24) is 0 Å². The minimum absolute atomic E-state index is 0.0249. The number of esters is 1. The van der Waals surface area contributed by atoms with Crippen molar-refractivity contribution in [3.8, 4) is 5.75 Å². The summed E-state index contributed by atoms with van der Waals surface area (Å²) in [6.45, 7) is 7.56. The number of ether oxygens (including phenoxy) is 1. The van der Waals surface area contributed by atoms with Gasteiger partial charge in [-0.15, -0.1) is 0 Å². The van der Waals surface area contributed by atoms with Gasteiger partial charge in [-0.2, -0.15) is 0 Å². The number of halogens is 1. The van der Waals surface area contributed by atoms with E-state index in [0.29, 0.717) is 18.6 Å². The monoisotopic (exact) mass is 370 g/mol. The van der Waals surface area contributed by atoms with Gasteiger partial charge in [0, 0.05) is 22.7 Å². The van der Waals surface area contributed by atoms with Crippen LogP contribution in [0.5, 0.6) is 5.75 Å². The molecule has 0 heterocycles. The van der Waals surface area contributed by atoms with E-state index in [1.165, 1.54) is 0 Å².